The van der Waals surface area contributed by atoms with Crippen LogP contribution in [-0.4, -0.2) is 33.8 Å². The van der Waals surface area contributed by atoms with E-state index in [2.05, 4.69) is 25.1 Å². The Balaban J connectivity index is 1.87. The second-order valence-electron chi connectivity index (χ2n) is 4.76. The lowest BCUT2D eigenvalue weighted by molar-refractivity contribution is 0.177. The smallest absolute Gasteiger partial charge is 0.156 e. The van der Waals surface area contributed by atoms with E-state index in [4.69, 9.17) is 4.74 Å². The zero-order valence-corrected chi connectivity index (χ0v) is 11.2. The van der Waals surface area contributed by atoms with Crippen LogP contribution in [-0.2, 0) is 24.3 Å². The van der Waals surface area contributed by atoms with Gasteiger partial charge in [0.1, 0.15) is 12.4 Å². The minimum atomic E-state index is 0.444. The standard InChI is InChI=1S/C13H17N5O/c1-9-5-13(16-12(15-9)8-19-2)18-4-3-11-10(7-18)6-14-17-11/h5-6H,3-4,7-8H2,1-2H3,(H,14,17). The Morgan fingerprint density at radius 3 is 3.16 bits per heavy atom. The van der Waals surface area contributed by atoms with Crippen LogP contribution in [0.1, 0.15) is 22.8 Å². The highest BCUT2D eigenvalue weighted by Gasteiger charge is 2.19. The molecule has 0 aromatic carbocycles. The molecule has 0 unspecified atom stereocenters. The summed E-state index contributed by atoms with van der Waals surface area (Å²) in [6.07, 6.45) is 2.86. The van der Waals surface area contributed by atoms with Crippen molar-refractivity contribution < 1.29 is 4.74 Å². The zero-order valence-electron chi connectivity index (χ0n) is 11.2. The van der Waals surface area contributed by atoms with Crippen LogP contribution >= 0.6 is 0 Å². The molecule has 3 rings (SSSR count). The lowest BCUT2D eigenvalue weighted by Crippen LogP contribution is -2.31. The molecule has 6 nitrogen and oxygen atoms in total. The highest BCUT2D eigenvalue weighted by molar-refractivity contribution is 5.43. The van der Waals surface area contributed by atoms with Gasteiger partial charge in [-0.3, -0.25) is 5.10 Å². The van der Waals surface area contributed by atoms with Gasteiger partial charge in [0, 0.05) is 49.6 Å². The number of aromatic nitrogens is 4. The van der Waals surface area contributed by atoms with Gasteiger partial charge < -0.3 is 9.64 Å². The maximum atomic E-state index is 5.11. The molecule has 0 saturated heterocycles. The lowest BCUT2D eigenvalue weighted by atomic mass is 10.1. The Bertz CT molecular complexity index is 580. The van der Waals surface area contributed by atoms with Crippen molar-refractivity contribution in [2.24, 2.45) is 0 Å². The van der Waals surface area contributed by atoms with Crippen molar-refractivity contribution in [2.45, 2.75) is 26.5 Å². The van der Waals surface area contributed by atoms with E-state index in [1.54, 1.807) is 7.11 Å². The third-order valence-corrected chi connectivity index (χ3v) is 3.28. The van der Waals surface area contributed by atoms with E-state index in [0.717, 1.165) is 36.8 Å². The fraction of sp³-hybridized carbons (Fsp3) is 0.462. The monoisotopic (exact) mass is 259 g/mol. The summed E-state index contributed by atoms with van der Waals surface area (Å²) in [5.41, 5.74) is 3.45. The van der Waals surface area contributed by atoms with Gasteiger partial charge in [0.25, 0.3) is 0 Å². The van der Waals surface area contributed by atoms with Crippen LogP contribution in [0, 0.1) is 6.92 Å². The average Bonchev–Trinajstić information content (AvgIpc) is 2.85. The van der Waals surface area contributed by atoms with E-state index in [-0.39, 0.29) is 0 Å². The van der Waals surface area contributed by atoms with Crippen LogP contribution in [0.5, 0.6) is 0 Å². The van der Waals surface area contributed by atoms with Crippen LogP contribution in [0.4, 0.5) is 5.82 Å². The summed E-state index contributed by atoms with van der Waals surface area (Å²) < 4.78 is 5.11. The van der Waals surface area contributed by atoms with E-state index >= 15 is 0 Å². The number of aromatic amines is 1. The third-order valence-electron chi connectivity index (χ3n) is 3.28. The molecular weight excluding hydrogens is 242 g/mol. The van der Waals surface area contributed by atoms with Crippen LogP contribution in [0.15, 0.2) is 12.3 Å². The second-order valence-corrected chi connectivity index (χ2v) is 4.76. The number of hydrogen-bond donors (Lipinski definition) is 1. The number of ether oxygens (including phenoxy) is 1. The highest BCUT2D eigenvalue weighted by Crippen LogP contribution is 2.22. The maximum absolute atomic E-state index is 5.11. The highest BCUT2D eigenvalue weighted by atomic mass is 16.5. The summed E-state index contributed by atoms with van der Waals surface area (Å²) in [5.74, 6) is 1.70. The molecular formula is C13H17N5O. The number of H-pyrrole nitrogens is 1. The first-order valence-electron chi connectivity index (χ1n) is 6.36. The topological polar surface area (TPSA) is 66.9 Å². The van der Waals surface area contributed by atoms with Crippen molar-refractivity contribution in [2.75, 3.05) is 18.6 Å². The summed E-state index contributed by atoms with van der Waals surface area (Å²) in [6.45, 7) is 4.21. The summed E-state index contributed by atoms with van der Waals surface area (Å²) in [7, 11) is 1.66. The molecule has 2 aromatic heterocycles. The fourth-order valence-electron chi connectivity index (χ4n) is 2.39. The normalized spacial score (nSPS) is 14.5. The molecule has 0 radical (unpaired) electrons. The first kappa shape index (κ1) is 12.1. The molecule has 1 aliphatic heterocycles. The van der Waals surface area contributed by atoms with Gasteiger partial charge >= 0.3 is 0 Å². The molecule has 1 N–H and O–H groups in total. The Morgan fingerprint density at radius 2 is 2.32 bits per heavy atom. The number of nitrogens with one attached hydrogen (secondary N) is 1. The maximum Gasteiger partial charge on any atom is 0.156 e. The first-order chi connectivity index (χ1) is 9.26. The van der Waals surface area contributed by atoms with E-state index in [1.165, 1.54) is 11.3 Å². The summed E-state index contributed by atoms with van der Waals surface area (Å²) in [6, 6.07) is 2.02. The third kappa shape index (κ3) is 2.44. The largest absolute Gasteiger partial charge is 0.377 e. The van der Waals surface area contributed by atoms with Crippen molar-refractivity contribution in [3.05, 3.63) is 35.0 Å². The molecule has 3 heterocycles. The van der Waals surface area contributed by atoms with Crippen LogP contribution in [0.2, 0.25) is 0 Å². The molecule has 0 fully saturated rings. The fourth-order valence-corrected chi connectivity index (χ4v) is 2.39. The van der Waals surface area contributed by atoms with Crippen molar-refractivity contribution in [1.82, 2.24) is 20.2 Å². The minimum Gasteiger partial charge on any atom is -0.377 e. The predicted octanol–water partition coefficient (Wildman–Crippen LogP) is 1.22. The molecule has 0 atom stereocenters. The van der Waals surface area contributed by atoms with Crippen molar-refractivity contribution in [3.63, 3.8) is 0 Å². The Kier molecular flexibility index (Phi) is 3.16. The van der Waals surface area contributed by atoms with Gasteiger partial charge in [0.05, 0.1) is 6.20 Å². The second kappa shape index (κ2) is 4.97. The zero-order chi connectivity index (χ0) is 13.2. The van der Waals surface area contributed by atoms with Crippen molar-refractivity contribution >= 4 is 5.82 Å². The molecule has 0 saturated carbocycles. The molecule has 100 valence electrons. The quantitative estimate of drug-likeness (QED) is 0.897. The molecule has 6 heteroatoms. The number of aryl methyl sites for hydroxylation is 1. The van der Waals surface area contributed by atoms with Crippen molar-refractivity contribution in [3.8, 4) is 0 Å². The number of methoxy groups -OCH3 is 1. The SMILES string of the molecule is COCc1nc(C)cc(N2CCc3[nH]ncc3C2)n1. The Labute approximate surface area is 111 Å². The van der Waals surface area contributed by atoms with Crippen molar-refractivity contribution in [1.29, 1.82) is 0 Å². The average molecular weight is 259 g/mol. The molecule has 0 aliphatic carbocycles. The number of nitrogens with zero attached hydrogens (tertiary/aromatic N) is 4. The van der Waals surface area contributed by atoms with Gasteiger partial charge in [0.15, 0.2) is 5.82 Å². The van der Waals surface area contributed by atoms with E-state index in [0.29, 0.717) is 6.61 Å². The summed E-state index contributed by atoms with van der Waals surface area (Å²) in [4.78, 5) is 11.2. The molecule has 0 amide bonds. The number of anilines is 1. The number of fused-ring (bicyclic) bond motifs is 1. The van der Waals surface area contributed by atoms with E-state index in [9.17, 15) is 0 Å². The Hall–Kier alpha value is -1.95. The van der Waals surface area contributed by atoms with Gasteiger partial charge in [-0.1, -0.05) is 0 Å². The first-order valence-corrected chi connectivity index (χ1v) is 6.36. The van der Waals surface area contributed by atoms with Gasteiger partial charge in [-0.25, -0.2) is 9.97 Å². The summed E-state index contributed by atoms with van der Waals surface area (Å²) in [5, 5.41) is 7.14. The van der Waals surface area contributed by atoms with Gasteiger partial charge in [-0.15, -0.1) is 0 Å². The number of rotatable bonds is 3. The predicted molar refractivity (Wildman–Crippen MR) is 70.8 cm³/mol. The van der Waals surface area contributed by atoms with Gasteiger partial charge in [-0.05, 0) is 6.92 Å². The van der Waals surface area contributed by atoms with Crippen LogP contribution < -0.4 is 4.90 Å². The lowest BCUT2D eigenvalue weighted by Gasteiger charge is -2.27. The molecule has 0 spiro atoms. The van der Waals surface area contributed by atoms with Gasteiger partial charge in [0.2, 0.25) is 0 Å². The van der Waals surface area contributed by atoms with E-state index < -0.39 is 0 Å². The minimum absolute atomic E-state index is 0.444. The van der Waals surface area contributed by atoms with Gasteiger partial charge in [-0.2, -0.15) is 5.10 Å². The number of hydrogen-bond acceptors (Lipinski definition) is 5. The summed E-state index contributed by atoms with van der Waals surface area (Å²) >= 11 is 0. The Morgan fingerprint density at radius 1 is 1.42 bits per heavy atom. The van der Waals surface area contributed by atoms with Crippen LogP contribution in [0.3, 0.4) is 0 Å². The molecule has 0 bridgehead atoms. The van der Waals surface area contributed by atoms with E-state index in [1.807, 2.05) is 19.2 Å². The molecule has 19 heavy (non-hydrogen) atoms. The van der Waals surface area contributed by atoms with Crippen LogP contribution in [0.25, 0.3) is 0 Å². The molecule has 2 aromatic rings. The molecule has 1 aliphatic rings.